The van der Waals surface area contributed by atoms with Crippen LogP contribution in [0.2, 0.25) is 0 Å². The molecule has 0 spiro atoms. The van der Waals surface area contributed by atoms with Crippen LogP contribution in [0, 0.1) is 5.92 Å². The zero-order chi connectivity index (χ0) is 18.2. The average Bonchev–Trinajstić information content (AvgIpc) is 2.68. The Hall–Kier alpha value is -2.11. The van der Waals surface area contributed by atoms with Gasteiger partial charge in [0.1, 0.15) is 11.9 Å². The highest BCUT2D eigenvalue weighted by Crippen LogP contribution is 2.22. The topological polar surface area (TPSA) is 64.6 Å². The van der Waals surface area contributed by atoms with Crippen molar-refractivity contribution in [2.24, 2.45) is 5.92 Å². The summed E-state index contributed by atoms with van der Waals surface area (Å²) in [5, 5.41) is 15.1. The molecule has 5 heteroatoms. The van der Waals surface area contributed by atoms with Crippen molar-refractivity contribution in [3.05, 3.63) is 59.8 Å². The number of hydrogen-bond donors (Lipinski definition) is 3. The number of piperidine rings is 1. The van der Waals surface area contributed by atoms with Crippen LogP contribution in [-0.2, 0) is 11.2 Å². The van der Waals surface area contributed by atoms with Gasteiger partial charge in [-0.1, -0.05) is 36.4 Å². The molecule has 1 saturated heterocycles. The van der Waals surface area contributed by atoms with Crippen molar-refractivity contribution in [3.8, 4) is 0 Å². The predicted molar refractivity (Wildman–Crippen MR) is 103 cm³/mol. The molecule has 1 aromatic rings. The largest absolute Gasteiger partial charge is 0.370 e. The SMILES string of the molecule is O=C(NCCN1CCC(CCc2ccccc2)CC1)C1=CC=CC(O)N1. The van der Waals surface area contributed by atoms with Crippen LogP contribution in [0.25, 0.3) is 0 Å². The first-order valence-electron chi connectivity index (χ1n) is 9.58. The van der Waals surface area contributed by atoms with E-state index in [1.165, 1.54) is 31.2 Å². The van der Waals surface area contributed by atoms with Crippen molar-refractivity contribution in [2.75, 3.05) is 26.2 Å². The highest BCUT2D eigenvalue weighted by atomic mass is 16.3. The Balaban J connectivity index is 1.30. The molecular formula is C21H29N3O2. The maximum Gasteiger partial charge on any atom is 0.267 e. The molecule has 2 aliphatic heterocycles. The van der Waals surface area contributed by atoms with Crippen LogP contribution in [0.15, 0.2) is 54.3 Å². The second-order valence-corrected chi connectivity index (χ2v) is 7.12. The molecule has 3 N–H and O–H groups in total. The summed E-state index contributed by atoms with van der Waals surface area (Å²) in [4.78, 5) is 14.5. The highest BCUT2D eigenvalue weighted by molar-refractivity contribution is 5.93. The Morgan fingerprint density at radius 2 is 2.00 bits per heavy atom. The molecule has 0 bridgehead atoms. The van der Waals surface area contributed by atoms with Crippen LogP contribution in [-0.4, -0.2) is 48.3 Å². The molecule has 1 unspecified atom stereocenters. The highest BCUT2D eigenvalue weighted by Gasteiger charge is 2.19. The summed E-state index contributed by atoms with van der Waals surface area (Å²) in [6.45, 7) is 3.73. The van der Waals surface area contributed by atoms with Crippen LogP contribution in [0.5, 0.6) is 0 Å². The second-order valence-electron chi connectivity index (χ2n) is 7.12. The third-order valence-corrected chi connectivity index (χ3v) is 5.21. The number of aliphatic hydroxyl groups is 1. The van der Waals surface area contributed by atoms with E-state index in [9.17, 15) is 9.90 Å². The Labute approximate surface area is 155 Å². The number of nitrogens with one attached hydrogen (secondary N) is 2. The van der Waals surface area contributed by atoms with Crippen molar-refractivity contribution in [2.45, 2.75) is 31.9 Å². The van der Waals surface area contributed by atoms with E-state index < -0.39 is 6.23 Å². The lowest BCUT2D eigenvalue weighted by Crippen LogP contribution is -2.42. The van der Waals surface area contributed by atoms with Crippen LogP contribution < -0.4 is 10.6 Å². The Kier molecular flexibility index (Phi) is 6.86. The molecule has 0 radical (unpaired) electrons. The van der Waals surface area contributed by atoms with Crippen molar-refractivity contribution < 1.29 is 9.90 Å². The van der Waals surface area contributed by atoms with Gasteiger partial charge in [-0.25, -0.2) is 0 Å². The molecule has 2 aliphatic rings. The Morgan fingerprint density at radius 1 is 1.23 bits per heavy atom. The first kappa shape index (κ1) is 18.7. The number of allylic oxidation sites excluding steroid dienone is 2. The maximum atomic E-state index is 12.1. The van der Waals surface area contributed by atoms with Gasteiger partial charge in [0.15, 0.2) is 0 Å². The van der Waals surface area contributed by atoms with Gasteiger partial charge in [-0.15, -0.1) is 0 Å². The van der Waals surface area contributed by atoms with E-state index in [0.717, 1.165) is 25.6 Å². The van der Waals surface area contributed by atoms with Crippen molar-refractivity contribution in [1.82, 2.24) is 15.5 Å². The normalized spacial score (nSPS) is 21.1. The lowest BCUT2D eigenvalue weighted by Gasteiger charge is -2.32. The first-order valence-corrected chi connectivity index (χ1v) is 9.58. The summed E-state index contributed by atoms with van der Waals surface area (Å²) in [5.74, 6) is 0.650. The number of likely N-dealkylation sites (tertiary alicyclic amines) is 1. The second kappa shape index (κ2) is 9.55. The number of hydrogen-bond acceptors (Lipinski definition) is 4. The smallest absolute Gasteiger partial charge is 0.267 e. The fraction of sp³-hybridized carbons (Fsp3) is 0.476. The number of carbonyl (C=O) groups excluding carboxylic acids is 1. The number of nitrogens with zero attached hydrogens (tertiary/aromatic N) is 1. The van der Waals surface area contributed by atoms with Gasteiger partial charge in [-0.05, 0) is 62.4 Å². The molecule has 1 atom stereocenters. The molecule has 1 aromatic carbocycles. The number of aliphatic hydroxyl groups excluding tert-OH is 1. The first-order chi connectivity index (χ1) is 12.7. The van der Waals surface area contributed by atoms with Crippen LogP contribution in [0.3, 0.4) is 0 Å². The number of rotatable bonds is 7. The van der Waals surface area contributed by atoms with E-state index in [4.69, 9.17) is 0 Å². The minimum atomic E-state index is -0.782. The van der Waals surface area contributed by atoms with Crippen molar-refractivity contribution >= 4 is 5.91 Å². The molecule has 2 heterocycles. The molecule has 0 aromatic heterocycles. The molecule has 3 rings (SSSR count). The van der Waals surface area contributed by atoms with Crippen molar-refractivity contribution in [3.63, 3.8) is 0 Å². The number of aryl methyl sites for hydroxylation is 1. The fourth-order valence-electron chi connectivity index (χ4n) is 3.59. The molecule has 1 amide bonds. The molecule has 5 nitrogen and oxygen atoms in total. The molecule has 140 valence electrons. The lowest BCUT2D eigenvalue weighted by atomic mass is 9.90. The number of amides is 1. The van der Waals surface area contributed by atoms with Gasteiger partial charge in [0.2, 0.25) is 0 Å². The zero-order valence-electron chi connectivity index (χ0n) is 15.2. The van der Waals surface area contributed by atoms with Gasteiger partial charge in [0.25, 0.3) is 5.91 Å². The van der Waals surface area contributed by atoms with E-state index in [1.807, 2.05) is 0 Å². The van der Waals surface area contributed by atoms with Crippen molar-refractivity contribution in [1.29, 1.82) is 0 Å². The van der Waals surface area contributed by atoms with Crippen LogP contribution in [0.1, 0.15) is 24.8 Å². The van der Waals surface area contributed by atoms with Gasteiger partial charge in [0, 0.05) is 13.1 Å². The number of benzene rings is 1. The maximum absolute atomic E-state index is 12.1. The third kappa shape index (κ3) is 5.71. The standard InChI is InChI=1S/C21H29N3O2/c25-20-8-4-7-19(23-20)21(26)22-13-16-24-14-11-18(12-15-24)10-9-17-5-2-1-3-6-17/h1-8,18,20,23,25H,9-16H2,(H,22,26). The summed E-state index contributed by atoms with van der Waals surface area (Å²) < 4.78 is 0. The third-order valence-electron chi connectivity index (χ3n) is 5.21. The van der Waals surface area contributed by atoms with Crippen LogP contribution >= 0.6 is 0 Å². The van der Waals surface area contributed by atoms with Gasteiger partial charge in [-0.2, -0.15) is 0 Å². The van der Waals surface area contributed by atoms with Gasteiger partial charge >= 0.3 is 0 Å². The minimum absolute atomic E-state index is 0.161. The predicted octanol–water partition coefficient (Wildman–Crippen LogP) is 1.81. The summed E-state index contributed by atoms with van der Waals surface area (Å²) in [6.07, 6.45) is 9.11. The van der Waals surface area contributed by atoms with E-state index >= 15 is 0 Å². The molecule has 26 heavy (non-hydrogen) atoms. The summed E-state index contributed by atoms with van der Waals surface area (Å²) in [6, 6.07) is 10.7. The van der Waals surface area contributed by atoms with E-state index in [0.29, 0.717) is 12.2 Å². The van der Waals surface area contributed by atoms with Gasteiger partial charge in [-0.3, -0.25) is 4.79 Å². The summed E-state index contributed by atoms with van der Waals surface area (Å²) in [7, 11) is 0. The number of carbonyl (C=O) groups is 1. The summed E-state index contributed by atoms with van der Waals surface area (Å²) in [5.41, 5.74) is 1.85. The lowest BCUT2D eigenvalue weighted by molar-refractivity contribution is -0.118. The molecule has 0 saturated carbocycles. The Morgan fingerprint density at radius 3 is 2.73 bits per heavy atom. The Bertz CT molecular complexity index is 634. The zero-order valence-corrected chi connectivity index (χ0v) is 15.2. The summed E-state index contributed by atoms with van der Waals surface area (Å²) >= 11 is 0. The minimum Gasteiger partial charge on any atom is -0.370 e. The molecule has 0 aliphatic carbocycles. The van der Waals surface area contributed by atoms with Crippen LogP contribution in [0.4, 0.5) is 0 Å². The average molecular weight is 355 g/mol. The molecular weight excluding hydrogens is 326 g/mol. The van der Waals surface area contributed by atoms with E-state index in [1.54, 1.807) is 18.2 Å². The van der Waals surface area contributed by atoms with E-state index in [-0.39, 0.29) is 5.91 Å². The molecule has 1 fully saturated rings. The quantitative estimate of drug-likeness (QED) is 0.698. The number of dihydropyridines is 1. The fourth-order valence-corrected chi connectivity index (χ4v) is 3.59. The van der Waals surface area contributed by atoms with Gasteiger partial charge in [0.05, 0.1) is 0 Å². The van der Waals surface area contributed by atoms with Gasteiger partial charge < -0.3 is 20.6 Å². The van der Waals surface area contributed by atoms with E-state index in [2.05, 4.69) is 45.9 Å². The monoisotopic (exact) mass is 355 g/mol.